The summed E-state index contributed by atoms with van der Waals surface area (Å²) in [6.45, 7) is 4.69. The lowest BCUT2D eigenvalue weighted by molar-refractivity contribution is 0.240. The molecule has 1 aromatic rings. The number of aromatic hydroxyl groups is 1. The molecule has 3 nitrogen and oxygen atoms in total. The minimum absolute atomic E-state index is 0.125. The number of aliphatic hydroxyl groups excluding tert-OH is 1. The monoisotopic (exact) mass is 227 g/mol. The van der Waals surface area contributed by atoms with Crippen molar-refractivity contribution in [3.05, 3.63) is 29.6 Å². The summed E-state index contributed by atoms with van der Waals surface area (Å²) in [5.41, 5.74) is 0.556. The van der Waals surface area contributed by atoms with Crippen LogP contribution in [0.1, 0.15) is 25.5 Å². The van der Waals surface area contributed by atoms with Crippen LogP contribution >= 0.6 is 0 Å². The standard InChI is InChI=1S/C12H18FNO2/c1-8(2)6-14-12(7-15)9-3-10(13)5-11(16)4-9/h3-5,8,12,14-16H,6-7H2,1-2H3. The van der Waals surface area contributed by atoms with Crippen molar-refractivity contribution >= 4 is 0 Å². The smallest absolute Gasteiger partial charge is 0.127 e. The molecule has 0 amide bonds. The molecule has 1 atom stereocenters. The molecule has 1 unspecified atom stereocenters. The van der Waals surface area contributed by atoms with Crippen LogP contribution in [0.3, 0.4) is 0 Å². The molecule has 0 aliphatic carbocycles. The van der Waals surface area contributed by atoms with Gasteiger partial charge in [-0.3, -0.25) is 0 Å². The van der Waals surface area contributed by atoms with Crippen molar-refractivity contribution in [3.63, 3.8) is 0 Å². The van der Waals surface area contributed by atoms with E-state index in [0.29, 0.717) is 11.5 Å². The van der Waals surface area contributed by atoms with Crippen LogP contribution < -0.4 is 5.32 Å². The molecule has 0 aliphatic heterocycles. The van der Waals surface area contributed by atoms with Gasteiger partial charge in [0, 0.05) is 6.07 Å². The Bertz CT molecular complexity index is 322. The van der Waals surface area contributed by atoms with Gasteiger partial charge in [-0.05, 0) is 30.2 Å². The zero-order chi connectivity index (χ0) is 12.1. The van der Waals surface area contributed by atoms with Gasteiger partial charge in [0.15, 0.2) is 0 Å². The van der Waals surface area contributed by atoms with Crippen molar-refractivity contribution in [1.29, 1.82) is 0 Å². The lowest BCUT2D eigenvalue weighted by Gasteiger charge is -2.18. The highest BCUT2D eigenvalue weighted by Crippen LogP contribution is 2.20. The van der Waals surface area contributed by atoms with Gasteiger partial charge in [0.2, 0.25) is 0 Å². The largest absolute Gasteiger partial charge is 0.508 e. The van der Waals surface area contributed by atoms with Crippen molar-refractivity contribution in [3.8, 4) is 5.75 Å². The number of phenolic OH excluding ortho intramolecular Hbond substituents is 1. The quantitative estimate of drug-likeness (QED) is 0.719. The highest BCUT2D eigenvalue weighted by Gasteiger charge is 2.12. The summed E-state index contributed by atoms with van der Waals surface area (Å²) < 4.78 is 13.1. The predicted octanol–water partition coefficient (Wildman–Crippen LogP) is 1.81. The lowest BCUT2D eigenvalue weighted by atomic mass is 10.1. The molecule has 0 aliphatic rings. The summed E-state index contributed by atoms with van der Waals surface area (Å²) in [5, 5.41) is 21.6. The first kappa shape index (κ1) is 12.9. The van der Waals surface area contributed by atoms with Gasteiger partial charge in [-0.15, -0.1) is 0 Å². The van der Waals surface area contributed by atoms with E-state index in [0.717, 1.165) is 12.6 Å². The number of rotatable bonds is 5. The zero-order valence-corrected chi connectivity index (χ0v) is 9.57. The average molecular weight is 227 g/mol. The molecular weight excluding hydrogens is 209 g/mol. The van der Waals surface area contributed by atoms with E-state index in [1.54, 1.807) is 0 Å². The molecule has 0 radical (unpaired) electrons. The van der Waals surface area contributed by atoms with E-state index in [4.69, 9.17) is 0 Å². The van der Waals surface area contributed by atoms with E-state index >= 15 is 0 Å². The molecule has 0 fully saturated rings. The van der Waals surface area contributed by atoms with E-state index in [9.17, 15) is 14.6 Å². The first-order valence-corrected chi connectivity index (χ1v) is 5.36. The summed E-state index contributed by atoms with van der Waals surface area (Å²) in [6.07, 6.45) is 0. The number of hydrogen-bond donors (Lipinski definition) is 3. The van der Waals surface area contributed by atoms with Gasteiger partial charge in [0.05, 0.1) is 12.6 Å². The second kappa shape index (κ2) is 5.82. The maximum absolute atomic E-state index is 13.1. The van der Waals surface area contributed by atoms with E-state index in [2.05, 4.69) is 5.32 Å². The highest BCUT2D eigenvalue weighted by molar-refractivity contribution is 5.30. The summed E-state index contributed by atoms with van der Waals surface area (Å²) in [7, 11) is 0. The van der Waals surface area contributed by atoms with Crippen LogP contribution in [0.5, 0.6) is 5.75 Å². The molecule has 4 heteroatoms. The SMILES string of the molecule is CC(C)CNC(CO)c1cc(O)cc(F)c1. The number of phenols is 1. The first-order valence-electron chi connectivity index (χ1n) is 5.36. The molecule has 0 heterocycles. The third kappa shape index (κ3) is 3.79. The average Bonchev–Trinajstić information content (AvgIpc) is 2.16. The maximum Gasteiger partial charge on any atom is 0.127 e. The van der Waals surface area contributed by atoms with Gasteiger partial charge >= 0.3 is 0 Å². The van der Waals surface area contributed by atoms with Crippen LogP contribution in [0.25, 0.3) is 0 Å². The van der Waals surface area contributed by atoms with Crippen LogP contribution in [0.15, 0.2) is 18.2 Å². The topological polar surface area (TPSA) is 52.5 Å². The fourth-order valence-electron chi connectivity index (χ4n) is 1.46. The second-order valence-electron chi connectivity index (χ2n) is 4.28. The van der Waals surface area contributed by atoms with Gasteiger partial charge in [-0.2, -0.15) is 0 Å². The molecular formula is C12H18FNO2. The Balaban J connectivity index is 2.78. The molecule has 90 valence electrons. The van der Waals surface area contributed by atoms with Crippen LogP contribution in [-0.4, -0.2) is 23.4 Å². The predicted molar refractivity (Wildman–Crippen MR) is 60.7 cm³/mol. The number of benzene rings is 1. The summed E-state index contributed by atoms with van der Waals surface area (Å²) >= 11 is 0. The normalized spacial score (nSPS) is 13.1. The molecule has 0 saturated carbocycles. The van der Waals surface area contributed by atoms with Crippen LogP contribution in [-0.2, 0) is 0 Å². The number of hydrogen-bond acceptors (Lipinski definition) is 3. The van der Waals surface area contributed by atoms with Crippen LogP contribution in [0.4, 0.5) is 4.39 Å². The van der Waals surface area contributed by atoms with E-state index in [1.807, 2.05) is 13.8 Å². The third-order valence-corrected chi connectivity index (χ3v) is 2.26. The van der Waals surface area contributed by atoms with Gasteiger partial charge in [0.1, 0.15) is 11.6 Å². The summed E-state index contributed by atoms with van der Waals surface area (Å²) in [6, 6.07) is 3.47. The summed E-state index contributed by atoms with van der Waals surface area (Å²) in [5.74, 6) is -0.184. The van der Waals surface area contributed by atoms with Crippen molar-refractivity contribution in [2.24, 2.45) is 5.92 Å². The van der Waals surface area contributed by atoms with Gasteiger partial charge in [-0.25, -0.2) is 4.39 Å². The fourth-order valence-corrected chi connectivity index (χ4v) is 1.46. The molecule has 0 bridgehead atoms. The van der Waals surface area contributed by atoms with Crippen molar-refractivity contribution in [1.82, 2.24) is 5.32 Å². The molecule has 0 aromatic heterocycles. The minimum Gasteiger partial charge on any atom is -0.508 e. The Labute approximate surface area is 94.9 Å². The molecule has 0 saturated heterocycles. The fraction of sp³-hybridized carbons (Fsp3) is 0.500. The number of nitrogens with one attached hydrogen (secondary N) is 1. The molecule has 16 heavy (non-hydrogen) atoms. The van der Waals surface area contributed by atoms with Crippen molar-refractivity contribution < 1.29 is 14.6 Å². The molecule has 0 spiro atoms. The molecule has 3 N–H and O–H groups in total. The number of halogens is 1. The third-order valence-electron chi connectivity index (χ3n) is 2.26. The Kier molecular flexibility index (Phi) is 4.71. The Morgan fingerprint density at radius 2 is 2.00 bits per heavy atom. The van der Waals surface area contributed by atoms with E-state index in [-0.39, 0.29) is 18.4 Å². The Hall–Kier alpha value is -1.13. The van der Waals surface area contributed by atoms with Gasteiger partial charge in [0.25, 0.3) is 0 Å². The van der Waals surface area contributed by atoms with Gasteiger partial charge in [-0.1, -0.05) is 13.8 Å². The van der Waals surface area contributed by atoms with Gasteiger partial charge < -0.3 is 15.5 Å². The van der Waals surface area contributed by atoms with Crippen LogP contribution in [0, 0.1) is 11.7 Å². The molecule has 1 rings (SSSR count). The number of aliphatic hydroxyl groups is 1. The Morgan fingerprint density at radius 1 is 1.31 bits per heavy atom. The highest BCUT2D eigenvalue weighted by atomic mass is 19.1. The second-order valence-corrected chi connectivity index (χ2v) is 4.28. The maximum atomic E-state index is 13.1. The van der Waals surface area contributed by atoms with Crippen LogP contribution in [0.2, 0.25) is 0 Å². The zero-order valence-electron chi connectivity index (χ0n) is 9.57. The lowest BCUT2D eigenvalue weighted by Crippen LogP contribution is -2.28. The van der Waals surface area contributed by atoms with Crippen molar-refractivity contribution in [2.75, 3.05) is 13.2 Å². The van der Waals surface area contributed by atoms with E-state index < -0.39 is 5.82 Å². The van der Waals surface area contributed by atoms with Crippen molar-refractivity contribution in [2.45, 2.75) is 19.9 Å². The molecule has 1 aromatic carbocycles. The summed E-state index contributed by atoms with van der Waals surface area (Å²) in [4.78, 5) is 0. The Morgan fingerprint density at radius 3 is 2.50 bits per heavy atom. The van der Waals surface area contributed by atoms with E-state index in [1.165, 1.54) is 12.1 Å². The first-order chi connectivity index (χ1) is 7.52. The minimum atomic E-state index is -0.500.